The molecule has 5 heteroatoms. The summed E-state index contributed by atoms with van der Waals surface area (Å²) in [6.45, 7) is 6.22. The van der Waals surface area contributed by atoms with Gasteiger partial charge in [0, 0.05) is 17.9 Å². The predicted molar refractivity (Wildman–Crippen MR) is 60.3 cm³/mol. The molecule has 0 aliphatic heterocycles. The van der Waals surface area contributed by atoms with E-state index < -0.39 is 5.97 Å². The number of carboxylic acid groups (broad SMARTS) is 1. The molecule has 0 radical (unpaired) electrons. The van der Waals surface area contributed by atoms with E-state index in [-0.39, 0.29) is 5.75 Å². The maximum Gasteiger partial charge on any atom is 0.313 e. The number of nitrogens with zero attached hydrogens (tertiary/aromatic N) is 2. The van der Waals surface area contributed by atoms with Crippen molar-refractivity contribution in [3.63, 3.8) is 0 Å². The smallest absolute Gasteiger partial charge is 0.313 e. The third kappa shape index (κ3) is 2.99. The fraction of sp³-hybridized carbons (Fsp3) is 0.600. The van der Waals surface area contributed by atoms with Crippen molar-refractivity contribution in [2.24, 2.45) is 0 Å². The number of hydrogen-bond donors (Lipinski definition) is 1. The van der Waals surface area contributed by atoms with Gasteiger partial charge in [0.05, 0.1) is 5.75 Å². The Balaban J connectivity index is 2.87. The molecule has 0 unspecified atom stereocenters. The Morgan fingerprint density at radius 3 is 2.80 bits per heavy atom. The van der Waals surface area contributed by atoms with E-state index in [1.807, 2.05) is 6.20 Å². The maximum atomic E-state index is 10.5. The molecule has 1 aromatic rings. The second-order valence-corrected chi connectivity index (χ2v) is 4.47. The van der Waals surface area contributed by atoms with Gasteiger partial charge >= 0.3 is 5.97 Å². The lowest BCUT2D eigenvalue weighted by atomic mass is 10.3. The highest BCUT2D eigenvalue weighted by Crippen LogP contribution is 2.23. The number of thioether (sulfide) groups is 1. The zero-order valence-electron chi connectivity index (χ0n) is 9.23. The minimum absolute atomic E-state index is 0.0624. The summed E-state index contributed by atoms with van der Waals surface area (Å²) in [4.78, 5) is 14.7. The highest BCUT2D eigenvalue weighted by atomic mass is 32.2. The van der Waals surface area contributed by atoms with Crippen molar-refractivity contribution in [2.45, 2.75) is 38.4 Å². The number of aliphatic carboxylic acids is 1. The summed E-state index contributed by atoms with van der Waals surface area (Å²) in [5.41, 5.74) is 1.15. The van der Waals surface area contributed by atoms with Crippen LogP contribution in [0, 0.1) is 0 Å². The Morgan fingerprint density at radius 2 is 2.33 bits per heavy atom. The summed E-state index contributed by atoms with van der Waals surface area (Å²) in [5.74, 6) is -0.747. The van der Waals surface area contributed by atoms with Gasteiger partial charge in [-0.05, 0) is 20.3 Å². The van der Waals surface area contributed by atoms with Gasteiger partial charge in [-0.2, -0.15) is 0 Å². The normalized spacial score (nSPS) is 10.9. The van der Waals surface area contributed by atoms with E-state index in [0.717, 1.165) is 17.3 Å². The number of carboxylic acids is 1. The molecule has 0 aromatic carbocycles. The Labute approximate surface area is 93.7 Å². The van der Waals surface area contributed by atoms with Gasteiger partial charge in [-0.15, -0.1) is 0 Å². The number of carbonyl (C=O) groups is 1. The molecule has 0 bridgehead atoms. The minimum atomic E-state index is -0.809. The molecule has 15 heavy (non-hydrogen) atoms. The maximum absolute atomic E-state index is 10.5. The monoisotopic (exact) mass is 228 g/mol. The molecule has 0 spiro atoms. The molecule has 1 N–H and O–H groups in total. The Bertz CT molecular complexity index is 347. The van der Waals surface area contributed by atoms with E-state index in [1.165, 1.54) is 11.8 Å². The van der Waals surface area contributed by atoms with Gasteiger partial charge in [0.15, 0.2) is 5.16 Å². The van der Waals surface area contributed by atoms with Crippen molar-refractivity contribution < 1.29 is 9.90 Å². The second-order valence-electron chi connectivity index (χ2n) is 3.53. The largest absolute Gasteiger partial charge is 0.481 e. The molecular formula is C10H16N2O2S. The highest BCUT2D eigenvalue weighted by Gasteiger charge is 2.12. The van der Waals surface area contributed by atoms with Crippen LogP contribution in [0.25, 0.3) is 0 Å². The molecule has 1 rings (SSSR count). The fourth-order valence-electron chi connectivity index (χ4n) is 1.42. The summed E-state index contributed by atoms with van der Waals surface area (Å²) in [6, 6.07) is 0.318. The summed E-state index contributed by atoms with van der Waals surface area (Å²) in [5, 5.41) is 9.41. The number of aromatic nitrogens is 2. The lowest BCUT2D eigenvalue weighted by Crippen LogP contribution is -2.08. The van der Waals surface area contributed by atoms with E-state index in [9.17, 15) is 4.79 Å². The Hall–Kier alpha value is -0.970. The molecule has 84 valence electrons. The van der Waals surface area contributed by atoms with Gasteiger partial charge < -0.3 is 9.67 Å². The van der Waals surface area contributed by atoms with Crippen LogP contribution in [0.15, 0.2) is 11.4 Å². The van der Waals surface area contributed by atoms with Gasteiger partial charge in [-0.3, -0.25) is 4.79 Å². The molecule has 1 aromatic heterocycles. The van der Waals surface area contributed by atoms with Crippen LogP contribution in [0.5, 0.6) is 0 Å². The summed E-state index contributed by atoms with van der Waals surface area (Å²) >= 11 is 1.27. The summed E-state index contributed by atoms with van der Waals surface area (Å²) < 4.78 is 2.09. The number of imidazole rings is 1. The average molecular weight is 228 g/mol. The first-order valence-corrected chi connectivity index (χ1v) is 5.95. The van der Waals surface area contributed by atoms with E-state index in [2.05, 4.69) is 30.3 Å². The molecule has 0 atom stereocenters. The zero-order valence-corrected chi connectivity index (χ0v) is 10.0. The van der Waals surface area contributed by atoms with Crippen LogP contribution in [0.1, 0.15) is 32.5 Å². The molecule has 0 saturated carbocycles. The molecule has 0 aliphatic carbocycles. The lowest BCUT2D eigenvalue weighted by molar-refractivity contribution is -0.133. The molecule has 4 nitrogen and oxygen atoms in total. The van der Waals surface area contributed by atoms with Crippen LogP contribution in [-0.4, -0.2) is 26.4 Å². The van der Waals surface area contributed by atoms with Crippen molar-refractivity contribution in [3.05, 3.63) is 11.9 Å². The molecule has 0 fully saturated rings. The Morgan fingerprint density at radius 1 is 1.67 bits per heavy atom. The first-order valence-electron chi connectivity index (χ1n) is 4.97. The van der Waals surface area contributed by atoms with E-state index in [0.29, 0.717) is 6.04 Å². The predicted octanol–water partition coefficient (Wildman–Crippen LogP) is 2.20. The van der Waals surface area contributed by atoms with Gasteiger partial charge in [0.2, 0.25) is 0 Å². The van der Waals surface area contributed by atoms with Crippen LogP contribution >= 0.6 is 11.8 Å². The molecule has 0 saturated heterocycles. The van der Waals surface area contributed by atoms with Crippen molar-refractivity contribution >= 4 is 17.7 Å². The van der Waals surface area contributed by atoms with Crippen molar-refractivity contribution in [1.29, 1.82) is 0 Å². The van der Waals surface area contributed by atoms with Crippen LogP contribution < -0.4 is 0 Å². The molecular weight excluding hydrogens is 212 g/mol. The standard InChI is InChI=1S/C10H16N2O2S/c1-4-8-5-11-10(12(8)7(2)3)15-6-9(13)14/h5,7H,4,6H2,1-3H3,(H,13,14). The summed E-state index contributed by atoms with van der Waals surface area (Å²) in [6.07, 6.45) is 2.74. The number of hydrogen-bond acceptors (Lipinski definition) is 3. The van der Waals surface area contributed by atoms with E-state index in [4.69, 9.17) is 5.11 Å². The fourth-order valence-corrected chi connectivity index (χ4v) is 2.27. The van der Waals surface area contributed by atoms with Gasteiger partial charge in [-0.25, -0.2) is 4.98 Å². The van der Waals surface area contributed by atoms with Crippen molar-refractivity contribution in [1.82, 2.24) is 9.55 Å². The molecule has 1 heterocycles. The van der Waals surface area contributed by atoms with Crippen molar-refractivity contribution in [2.75, 3.05) is 5.75 Å². The van der Waals surface area contributed by atoms with Gasteiger partial charge in [0.25, 0.3) is 0 Å². The number of rotatable bonds is 5. The lowest BCUT2D eigenvalue weighted by Gasteiger charge is -2.13. The van der Waals surface area contributed by atoms with E-state index in [1.54, 1.807) is 0 Å². The second kappa shape index (κ2) is 5.21. The zero-order chi connectivity index (χ0) is 11.4. The summed E-state index contributed by atoms with van der Waals surface area (Å²) in [7, 11) is 0. The van der Waals surface area contributed by atoms with Crippen LogP contribution in [0.4, 0.5) is 0 Å². The molecule has 0 amide bonds. The average Bonchev–Trinajstić information content (AvgIpc) is 2.57. The number of aryl methyl sites for hydroxylation is 1. The first kappa shape index (κ1) is 12.1. The topological polar surface area (TPSA) is 55.1 Å². The first-order chi connectivity index (χ1) is 7.06. The minimum Gasteiger partial charge on any atom is -0.481 e. The third-order valence-corrected chi connectivity index (χ3v) is 2.99. The van der Waals surface area contributed by atoms with Crippen LogP contribution in [-0.2, 0) is 11.2 Å². The van der Waals surface area contributed by atoms with Gasteiger partial charge in [-0.1, -0.05) is 18.7 Å². The van der Waals surface area contributed by atoms with Crippen LogP contribution in [0.2, 0.25) is 0 Å². The molecule has 0 aliphatic rings. The third-order valence-electron chi connectivity index (χ3n) is 2.04. The van der Waals surface area contributed by atoms with Gasteiger partial charge in [0.1, 0.15) is 0 Å². The SMILES string of the molecule is CCc1cnc(SCC(=O)O)n1C(C)C. The van der Waals surface area contributed by atoms with Crippen molar-refractivity contribution in [3.8, 4) is 0 Å². The quantitative estimate of drug-likeness (QED) is 0.785. The van der Waals surface area contributed by atoms with E-state index >= 15 is 0 Å². The Kier molecular flexibility index (Phi) is 4.20. The highest BCUT2D eigenvalue weighted by molar-refractivity contribution is 7.99. The van der Waals surface area contributed by atoms with Crippen LogP contribution in [0.3, 0.4) is 0 Å².